The lowest BCUT2D eigenvalue weighted by molar-refractivity contribution is -0.384. The molecule has 1 aromatic rings. The Morgan fingerprint density at radius 2 is 1.71 bits per heavy atom. The van der Waals surface area contributed by atoms with E-state index >= 15 is 0 Å². The van der Waals surface area contributed by atoms with Gasteiger partial charge in [-0.3, -0.25) is 10.1 Å². The molecule has 4 atom stereocenters. The number of nitro groups is 1. The minimum atomic E-state index is -0.421. The third-order valence-corrected chi connectivity index (χ3v) is 4.42. The summed E-state index contributed by atoms with van der Waals surface area (Å²) in [5, 5.41) is 15.0. The summed E-state index contributed by atoms with van der Waals surface area (Å²) in [6, 6.07) is 6.31. The molecule has 1 aliphatic carbocycles. The molecule has 1 fully saturated rings. The van der Waals surface area contributed by atoms with Crippen LogP contribution >= 0.6 is 0 Å². The van der Waals surface area contributed by atoms with Gasteiger partial charge in [-0.2, -0.15) is 0 Å². The van der Waals surface area contributed by atoms with Crippen molar-refractivity contribution in [2.45, 2.75) is 18.3 Å². The third kappa shape index (κ3) is 2.72. The van der Waals surface area contributed by atoms with Crippen molar-refractivity contribution in [3.8, 4) is 0 Å². The molecule has 0 amide bonds. The molecule has 0 radical (unpaired) electrons. The first-order chi connectivity index (χ1) is 11.7. The minimum Gasteiger partial charge on any atom is -0.389 e. The van der Waals surface area contributed by atoms with Crippen molar-refractivity contribution in [3.05, 3.63) is 64.2 Å². The molecule has 24 heavy (non-hydrogen) atoms. The van der Waals surface area contributed by atoms with Gasteiger partial charge in [0.1, 0.15) is 12.2 Å². The highest BCUT2D eigenvalue weighted by atomic mass is 16.7. The Morgan fingerprint density at radius 3 is 2.38 bits per heavy atom. The van der Waals surface area contributed by atoms with Gasteiger partial charge in [0.05, 0.1) is 29.8 Å². The second-order valence-corrected chi connectivity index (χ2v) is 5.90. The molecule has 3 aliphatic rings. The van der Waals surface area contributed by atoms with E-state index in [0.717, 1.165) is 11.3 Å². The molecule has 4 rings (SSSR count). The number of rotatable bonds is 2. The maximum Gasteiger partial charge on any atom is 0.269 e. The summed E-state index contributed by atoms with van der Waals surface area (Å²) in [4.78, 5) is 15.9. The fraction of sp³-hybridized carbons (Fsp3) is 0.353. The van der Waals surface area contributed by atoms with Gasteiger partial charge in [-0.1, -0.05) is 29.5 Å². The van der Waals surface area contributed by atoms with Crippen LogP contribution in [0.4, 0.5) is 5.69 Å². The average Bonchev–Trinajstić information content (AvgIpc) is 2.98. The lowest BCUT2D eigenvalue weighted by Crippen LogP contribution is -2.42. The van der Waals surface area contributed by atoms with Crippen molar-refractivity contribution < 1.29 is 19.2 Å². The number of hydrogen-bond donors (Lipinski definition) is 0. The molecular formula is C17H16N2O5. The monoisotopic (exact) mass is 328 g/mol. The lowest BCUT2D eigenvalue weighted by atomic mass is 9.92. The normalized spacial score (nSPS) is 31.2. The molecule has 7 nitrogen and oxygen atoms in total. The molecule has 1 aromatic carbocycles. The van der Waals surface area contributed by atoms with E-state index < -0.39 is 4.92 Å². The standard InChI is InChI=1S/C17H16N2O5/c20-19(21)12-7-5-11(6-8-12)17-13-9-22-14-3-1-2-4-15(14)23-10-16(13)24-18-17/h1-8,13-16H,9-10H2. The molecule has 0 spiro atoms. The zero-order valence-electron chi connectivity index (χ0n) is 12.8. The van der Waals surface area contributed by atoms with Crippen LogP contribution in [0.5, 0.6) is 0 Å². The van der Waals surface area contributed by atoms with Crippen LogP contribution in [0.1, 0.15) is 5.56 Å². The Labute approximate surface area is 138 Å². The van der Waals surface area contributed by atoms with Crippen LogP contribution in [0.2, 0.25) is 0 Å². The summed E-state index contributed by atoms with van der Waals surface area (Å²) in [5.41, 5.74) is 1.59. The van der Waals surface area contributed by atoms with Crippen LogP contribution in [0.3, 0.4) is 0 Å². The summed E-state index contributed by atoms with van der Waals surface area (Å²) >= 11 is 0. The highest BCUT2D eigenvalue weighted by Gasteiger charge is 2.39. The molecular weight excluding hydrogens is 312 g/mol. The second-order valence-electron chi connectivity index (χ2n) is 5.90. The highest BCUT2D eigenvalue weighted by molar-refractivity contribution is 6.03. The van der Waals surface area contributed by atoms with Gasteiger partial charge < -0.3 is 14.3 Å². The van der Waals surface area contributed by atoms with E-state index in [2.05, 4.69) is 5.16 Å². The molecule has 1 saturated heterocycles. The van der Waals surface area contributed by atoms with Crippen LogP contribution < -0.4 is 0 Å². The Hall–Kier alpha value is -2.51. The van der Waals surface area contributed by atoms with Crippen LogP contribution in [0, 0.1) is 16.0 Å². The average molecular weight is 328 g/mol. The molecule has 2 aliphatic heterocycles. The number of fused-ring (bicyclic) bond motifs is 2. The van der Waals surface area contributed by atoms with E-state index in [9.17, 15) is 10.1 Å². The summed E-state index contributed by atoms with van der Waals surface area (Å²) < 4.78 is 11.9. The summed E-state index contributed by atoms with van der Waals surface area (Å²) in [6.07, 6.45) is 7.40. The van der Waals surface area contributed by atoms with Crippen molar-refractivity contribution in [2.24, 2.45) is 11.1 Å². The Balaban J connectivity index is 1.53. The highest BCUT2D eigenvalue weighted by Crippen LogP contribution is 2.29. The Kier molecular flexibility index (Phi) is 3.87. The quantitative estimate of drug-likeness (QED) is 0.614. The zero-order valence-corrected chi connectivity index (χ0v) is 12.8. The van der Waals surface area contributed by atoms with Gasteiger partial charge in [0.25, 0.3) is 5.69 Å². The second kappa shape index (κ2) is 6.18. The number of nitrogens with zero attached hydrogens (tertiary/aromatic N) is 2. The van der Waals surface area contributed by atoms with Crippen molar-refractivity contribution >= 4 is 11.4 Å². The lowest BCUT2D eigenvalue weighted by Gasteiger charge is -2.31. The Bertz CT molecular complexity index is 725. The number of nitro benzene ring substituents is 1. The smallest absolute Gasteiger partial charge is 0.269 e. The minimum absolute atomic E-state index is 0.0500. The first-order valence-electron chi connectivity index (χ1n) is 7.79. The van der Waals surface area contributed by atoms with Gasteiger partial charge in [0, 0.05) is 17.7 Å². The number of oxime groups is 1. The van der Waals surface area contributed by atoms with Gasteiger partial charge in [-0.05, 0) is 12.1 Å². The largest absolute Gasteiger partial charge is 0.389 e. The van der Waals surface area contributed by atoms with E-state index in [1.807, 2.05) is 24.3 Å². The summed E-state index contributed by atoms with van der Waals surface area (Å²) in [6.45, 7) is 0.885. The number of benzene rings is 1. The van der Waals surface area contributed by atoms with Crippen LogP contribution in [-0.2, 0) is 14.3 Å². The molecule has 7 heteroatoms. The van der Waals surface area contributed by atoms with E-state index in [-0.39, 0.29) is 29.9 Å². The number of ether oxygens (including phenoxy) is 2. The van der Waals surface area contributed by atoms with E-state index in [0.29, 0.717) is 13.2 Å². The maximum absolute atomic E-state index is 10.8. The molecule has 0 aromatic heterocycles. The Morgan fingerprint density at radius 1 is 1.04 bits per heavy atom. The fourth-order valence-corrected chi connectivity index (χ4v) is 3.08. The van der Waals surface area contributed by atoms with E-state index in [1.54, 1.807) is 12.1 Å². The predicted molar refractivity (Wildman–Crippen MR) is 85.8 cm³/mol. The fourth-order valence-electron chi connectivity index (χ4n) is 3.08. The number of hydrogen-bond acceptors (Lipinski definition) is 6. The summed E-state index contributed by atoms with van der Waals surface area (Å²) in [7, 11) is 0. The van der Waals surface area contributed by atoms with Gasteiger partial charge in [-0.25, -0.2) is 0 Å². The van der Waals surface area contributed by atoms with Gasteiger partial charge >= 0.3 is 0 Å². The van der Waals surface area contributed by atoms with Crippen molar-refractivity contribution in [1.29, 1.82) is 0 Å². The van der Waals surface area contributed by atoms with Crippen molar-refractivity contribution in [1.82, 2.24) is 0 Å². The third-order valence-electron chi connectivity index (χ3n) is 4.42. The van der Waals surface area contributed by atoms with Crippen molar-refractivity contribution in [3.63, 3.8) is 0 Å². The van der Waals surface area contributed by atoms with Gasteiger partial charge in [0.15, 0.2) is 6.10 Å². The van der Waals surface area contributed by atoms with E-state index in [1.165, 1.54) is 12.1 Å². The molecule has 2 heterocycles. The van der Waals surface area contributed by atoms with Gasteiger partial charge in [-0.15, -0.1) is 0 Å². The predicted octanol–water partition coefficient (Wildman–Crippen LogP) is 2.22. The number of non-ortho nitro benzene ring substituents is 1. The molecule has 0 N–H and O–H groups in total. The topological polar surface area (TPSA) is 83.2 Å². The first-order valence-corrected chi connectivity index (χ1v) is 7.79. The zero-order chi connectivity index (χ0) is 16.5. The van der Waals surface area contributed by atoms with E-state index in [4.69, 9.17) is 14.3 Å². The SMILES string of the molecule is O=[N+]([O-])c1ccc(C2=NOC3COC4C=CC=CC4OCC23)cc1. The van der Waals surface area contributed by atoms with Crippen LogP contribution in [0.15, 0.2) is 53.7 Å². The van der Waals surface area contributed by atoms with Gasteiger partial charge in [0.2, 0.25) is 0 Å². The number of allylic oxidation sites excluding steroid dienone is 2. The van der Waals surface area contributed by atoms with Crippen LogP contribution in [0.25, 0.3) is 0 Å². The maximum atomic E-state index is 10.8. The molecule has 124 valence electrons. The summed E-state index contributed by atoms with van der Waals surface area (Å²) in [5.74, 6) is -0.0632. The van der Waals surface area contributed by atoms with Crippen LogP contribution in [-0.4, -0.2) is 42.2 Å². The molecule has 0 saturated carbocycles. The first kappa shape index (κ1) is 15.0. The van der Waals surface area contributed by atoms with Crippen molar-refractivity contribution in [2.75, 3.05) is 13.2 Å². The molecule has 4 unspecified atom stereocenters. The molecule has 0 bridgehead atoms.